The van der Waals surface area contributed by atoms with Crippen LogP contribution in [0.15, 0.2) is 57.3 Å². The summed E-state index contributed by atoms with van der Waals surface area (Å²) in [5.74, 6) is -1.81. The molecule has 1 atom stereocenters. The third-order valence-electron chi connectivity index (χ3n) is 7.00. The molecule has 0 aromatic heterocycles. The normalized spacial score (nSPS) is 20.0. The largest absolute Gasteiger partial charge is 0.506 e. The number of anilines is 2. The minimum atomic E-state index is -3.94. The van der Waals surface area contributed by atoms with E-state index in [1.807, 2.05) is 13.8 Å². The van der Waals surface area contributed by atoms with Crippen LogP contribution >= 0.6 is 10.8 Å². The van der Waals surface area contributed by atoms with Crippen molar-refractivity contribution in [2.24, 2.45) is 10.3 Å². The Morgan fingerprint density at radius 1 is 1.16 bits per heavy atom. The highest BCUT2D eigenvalue weighted by Gasteiger charge is 2.55. The number of amides is 2. The highest BCUT2D eigenvalue weighted by molar-refractivity contribution is 8.23. The summed E-state index contributed by atoms with van der Waals surface area (Å²) < 4.78 is 31.7. The Hall–Kier alpha value is -3.91. The molecule has 2 aromatic rings. The molecule has 0 fully saturated rings. The van der Waals surface area contributed by atoms with Gasteiger partial charge in [-0.15, -0.1) is 4.40 Å². The monoisotopic (exact) mass is 614 g/mol. The third-order valence-corrected chi connectivity index (χ3v) is 8.36. The fourth-order valence-electron chi connectivity index (χ4n) is 5.23. The first-order chi connectivity index (χ1) is 20.0. The first-order valence-corrected chi connectivity index (χ1v) is 15.2. The number of amidine groups is 1. The van der Waals surface area contributed by atoms with E-state index >= 15 is 0 Å². The Labute approximate surface area is 252 Å². The van der Waals surface area contributed by atoms with Crippen molar-refractivity contribution in [2.45, 2.75) is 70.4 Å². The number of aliphatic hydroxyl groups is 1. The van der Waals surface area contributed by atoms with Crippen molar-refractivity contribution < 1.29 is 38.2 Å². The molecule has 1 unspecified atom stereocenters. The predicted octanol–water partition coefficient (Wildman–Crippen LogP) is 6.48. The zero-order chi connectivity index (χ0) is 31.9. The summed E-state index contributed by atoms with van der Waals surface area (Å²) >= 11 is 0. The van der Waals surface area contributed by atoms with Crippen molar-refractivity contribution >= 4 is 51.5 Å². The Kier molecular flexibility index (Phi) is 8.67. The number of hydrogen-bond acceptors (Lipinski definition) is 10. The molecule has 4 rings (SSSR count). The van der Waals surface area contributed by atoms with Crippen LogP contribution in [0.5, 0.6) is 0 Å². The van der Waals surface area contributed by atoms with Gasteiger partial charge in [0.2, 0.25) is 11.7 Å². The van der Waals surface area contributed by atoms with E-state index in [-0.39, 0.29) is 45.6 Å². The van der Waals surface area contributed by atoms with Crippen LogP contribution in [0.3, 0.4) is 0 Å². The summed E-state index contributed by atoms with van der Waals surface area (Å²) in [7, 11) is -2.65. The second-order valence-electron chi connectivity index (χ2n) is 11.8. The first-order valence-electron chi connectivity index (χ1n) is 13.7. The second kappa shape index (κ2) is 11.6. The van der Waals surface area contributed by atoms with Gasteiger partial charge in [-0.1, -0.05) is 48.9 Å². The number of benzene rings is 2. The summed E-state index contributed by atoms with van der Waals surface area (Å²) in [4.78, 5) is 45.3. The maximum absolute atomic E-state index is 14.6. The molecule has 232 valence electrons. The van der Waals surface area contributed by atoms with E-state index in [1.165, 1.54) is 32.2 Å². The Morgan fingerprint density at radius 3 is 2.44 bits per heavy atom. The van der Waals surface area contributed by atoms with Crippen LogP contribution in [0.4, 0.5) is 16.2 Å². The average Bonchev–Trinajstić information content (AvgIpc) is 2.89. The zero-order valence-electron chi connectivity index (χ0n) is 25.2. The van der Waals surface area contributed by atoms with Crippen LogP contribution in [0.25, 0.3) is 5.76 Å². The van der Waals surface area contributed by atoms with Crippen LogP contribution in [-0.4, -0.2) is 55.6 Å². The van der Waals surface area contributed by atoms with Crippen LogP contribution in [0.1, 0.15) is 65.5 Å². The smallest absolute Gasteiger partial charge is 0.412 e. The lowest BCUT2D eigenvalue weighted by Gasteiger charge is -2.45. The number of ketones is 1. The summed E-state index contributed by atoms with van der Waals surface area (Å²) in [6.07, 6.45) is -0.0544. The van der Waals surface area contributed by atoms with Crippen molar-refractivity contribution in [2.75, 3.05) is 17.7 Å². The minimum absolute atomic E-state index is 0.0399. The van der Waals surface area contributed by atoms with Gasteiger partial charge in [-0.3, -0.25) is 28.8 Å². The van der Waals surface area contributed by atoms with Crippen molar-refractivity contribution in [1.82, 2.24) is 5.06 Å². The van der Waals surface area contributed by atoms with Crippen molar-refractivity contribution in [3.05, 3.63) is 59.2 Å². The van der Waals surface area contributed by atoms with Gasteiger partial charge in [0.05, 0.1) is 12.8 Å². The predicted molar refractivity (Wildman–Crippen MR) is 165 cm³/mol. The fourth-order valence-corrected chi connectivity index (χ4v) is 6.42. The number of nitrogens with zero attached hydrogens (tertiary/aromatic N) is 2. The topological polar surface area (TPSA) is 170 Å². The number of hydrogen-bond donors (Lipinski definition) is 5. The second-order valence-corrected chi connectivity index (χ2v) is 13.5. The summed E-state index contributed by atoms with van der Waals surface area (Å²) in [5, 5.41) is 18.0. The van der Waals surface area contributed by atoms with Gasteiger partial charge in [0.1, 0.15) is 21.8 Å². The standard InChI is InChI=1S/C30H38N4O8S/c1-17(2)14-15-30(34(41-7)18(3)35)21-11-9-8-10-20(21)25(36)24(26(30)37)27-32-22-13-12-19(16-23(22)43(39,40)33-27)31-28(38)42-29(4,5)6/h8-13,16-17,36,39-40H,14-15H2,1-7H3,(H,31,38)(H,32,33). The van der Waals surface area contributed by atoms with Crippen molar-refractivity contribution in [1.29, 1.82) is 0 Å². The molecule has 5 N–H and O–H groups in total. The quantitative estimate of drug-likeness (QED) is 0.219. The Morgan fingerprint density at radius 2 is 1.84 bits per heavy atom. The molecular weight excluding hydrogens is 576 g/mol. The zero-order valence-corrected chi connectivity index (χ0v) is 26.0. The molecule has 0 radical (unpaired) electrons. The number of hydroxylamine groups is 2. The first kappa shape index (κ1) is 32.0. The van der Waals surface area contributed by atoms with Crippen molar-refractivity contribution in [3.63, 3.8) is 0 Å². The molecular formula is C30H38N4O8S. The highest BCUT2D eigenvalue weighted by Crippen LogP contribution is 2.57. The number of carbonyl (C=O) groups excluding carboxylic acids is 3. The van der Waals surface area contributed by atoms with E-state index in [9.17, 15) is 28.6 Å². The number of Topliss-reactive ketones (excluding diaryl/α,β-unsaturated/α-hetero) is 1. The minimum Gasteiger partial charge on any atom is -0.506 e. The number of ether oxygens (including phenoxy) is 1. The third kappa shape index (κ3) is 6.11. The van der Waals surface area contributed by atoms with E-state index in [0.717, 1.165) is 5.06 Å². The van der Waals surface area contributed by atoms with E-state index < -0.39 is 45.5 Å². The van der Waals surface area contributed by atoms with Gasteiger partial charge >= 0.3 is 6.09 Å². The van der Waals surface area contributed by atoms with E-state index in [1.54, 1.807) is 45.0 Å². The molecule has 1 aliphatic heterocycles. The number of rotatable bonds is 7. The molecule has 13 heteroatoms. The molecule has 0 saturated carbocycles. The van der Waals surface area contributed by atoms with Crippen molar-refractivity contribution in [3.8, 4) is 0 Å². The van der Waals surface area contributed by atoms with Crippen LogP contribution in [0.2, 0.25) is 0 Å². The summed E-state index contributed by atoms with van der Waals surface area (Å²) in [6.45, 7) is 10.4. The Balaban J connectivity index is 1.84. The molecule has 1 heterocycles. The molecule has 0 spiro atoms. The summed E-state index contributed by atoms with van der Waals surface area (Å²) in [5.41, 5.74) is -1.69. The maximum atomic E-state index is 14.6. The molecule has 2 aliphatic rings. The van der Waals surface area contributed by atoms with Gasteiger partial charge in [-0.2, -0.15) is 0 Å². The van der Waals surface area contributed by atoms with Gasteiger partial charge in [-0.05, 0) is 63.3 Å². The molecule has 2 amide bonds. The molecule has 0 bridgehead atoms. The number of aliphatic hydroxyl groups excluding tert-OH is 1. The van der Waals surface area contributed by atoms with E-state index in [0.29, 0.717) is 12.0 Å². The van der Waals surface area contributed by atoms with E-state index in [4.69, 9.17) is 9.57 Å². The molecule has 2 aromatic carbocycles. The van der Waals surface area contributed by atoms with Gasteiger partial charge in [0.15, 0.2) is 11.4 Å². The van der Waals surface area contributed by atoms with Crippen LogP contribution < -0.4 is 10.6 Å². The van der Waals surface area contributed by atoms with E-state index in [2.05, 4.69) is 15.0 Å². The summed E-state index contributed by atoms with van der Waals surface area (Å²) in [6, 6.07) is 11.0. The van der Waals surface area contributed by atoms with Crippen LogP contribution in [0, 0.1) is 5.92 Å². The van der Waals surface area contributed by atoms with Gasteiger partial charge in [0, 0.05) is 18.2 Å². The van der Waals surface area contributed by atoms with Crippen LogP contribution in [-0.2, 0) is 24.7 Å². The number of carbonyl (C=O) groups is 3. The lowest BCUT2D eigenvalue weighted by Crippen LogP contribution is -2.57. The van der Waals surface area contributed by atoms with Gasteiger partial charge in [0.25, 0.3) is 0 Å². The average molecular weight is 615 g/mol. The lowest BCUT2D eigenvalue weighted by molar-refractivity contribution is -0.211. The molecule has 43 heavy (non-hydrogen) atoms. The highest BCUT2D eigenvalue weighted by atomic mass is 32.3. The lowest BCUT2D eigenvalue weighted by atomic mass is 9.70. The number of fused-ring (bicyclic) bond motifs is 2. The fraction of sp³-hybridized carbons (Fsp3) is 0.400. The number of nitrogens with one attached hydrogen (secondary N) is 2. The Bertz CT molecular complexity index is 1530. The SMILES string of the molecule is CON(C(C)=O)C1(CCC(C)C)C(=O)C(C2=NS(O)(O)c3cc(NC(=O)OC(C)(C)C)ccc3N2)=C(O)c2ccccc21. The van der Waals surface area contributed by atoms with Gasteiger partial charge in [-0.25, -0.2) is 9.86 Å². The molecule has 0 saturated heterocycles. The molecule has 1 aliphatic carbocycles. The maximum Gasteiger partial charge on any atom is 0.412 e. The molecule has 12 nitrogen and oxygen atoms in total. The van der Waals surface area contributed by atoms with Gasteiger partial charge < -0.3 is 15.2 Å².